The zero-order chi connectivity index (χ0) is 18.2. The second kappa shape index (κ2) is 8.87. The number of hydrazone groups is 1. The lowest BCUT2D eigenvalue weighted by atomic mass is 10.0. The largest absolute Gasteiger partial charge is 0.508 e. The van der Waals surface area contributed by atoms with Crippen LogP contribution >= 0.6 is 0 Å². The van der Waals surface area contributed by atoms with Gasteiger partial charge in [0.05, 0.1) is 5.71 Å². The monoisotopic (exact) mass is 340 g/mol. The Labute approximate surface area is 148 Å². The van der Waals surface area contributed by atoms with Crippen LogP contribution in [0.5, 0.6) is 11.5 Å². The minimum absolute atomic E-state index is 0.0974. The number of phenols is 1. The highest BCUT2D eigenvalue weighted by molar-refractivity contribution is 6.01. The summed E-state index contributed by atoms with van der Waals surface area (Å²) in [4.78, 5) is 12.0. The number of nitrogens with one attached hydrogen (secondary N) is 1. The highest BCUT2D eigenvalue weighted by atomic mass is 16.5. The molecule has 0 bridgehead atoms. The summed E-state index contributed by atoms with van der Waals surface area (Å²) < 4.78 is 5.63. The molecule has 0 spiro atoms. The maximum absolute atomic E-state index is 12.0. The van der Waals surface area contributed by atoms with Crippen LogP contribution in [0.4, 0.5) is 0 Å². The maximum Gasteiger partial charge on any atom is 0.277 e. The number of nitrogens with zero attached hydrogens (tertiary/aromatic N) is 1. The summed E-state index contributed by atoms with van der Waals surface area (Å²) in [6, 6.07) is 14.4. The number of hydrogen-bond acceptors (Lipinski definition) is 4. The van der Waals surface area contributed by atoms with Crippen molar-refractivity contribution in [2.24, 2.45) is 5.10 Å². The van der Waals surface area contributed by atoms with E-state index in [0.29, 0.717) is 18.1 Å². The highest BCUT2D eigenvalue weighted by Crippen LogP contribution is 2.25. The predicted molar refractivity (Wildman–Crippen MR) is 99.1 cm³/mol. The lowest BCUT2D eigenvalue weighted by molar-refractivity contribution is -0.123. The van der Waals surface area contributed by atoms with Crippen molar-refractivity contribution < 1.29 is 14.6 Å². The zero-order valence-corrected chi connectivity index (χ0v) is 14.8. The molecule has 0 saturated heterocycles. The molecular formula is C20H24N2O3. The van der Waals surface area contributed by atoms with Gasteiger partial charge in [-0.2, -0.15) is 5.10 Å². The summed E-state index contributed by atoms with van der Waals surface area (Å²) in [5.74, 6) is 0.910. The van der Waals surface area contributed by atoms with Gasteiger partial charge in [-0.25, -0.2) is 5.43 Å². The number of benzene rings is 2. The molecule has 0 saturated carbocycles. The minimum atomic E-state index is -0.316. The predicted octanol–water partition coefficient (Wildman–Crippen LogP) is 3.82. The van der Waals surface area contributed by atoms with Crippen LogP contribution in [-0.4, -0.2) is 23.3 Å². The molecule has 0 atom stereocenters. The summed E-state index contributed by atoms with van der Waals surface area (Å²) >= 11 is 0. The van der Waals surface area contributed by atoms with Crippen LogP contribution in [-0.2, 0) is 4.79 Å². The number of carbonyl (C=O) groups is 1. The van der Waals surface area contributed by atoms with Gasteiger partial charge in [0.25, 0.3) is 5.91 Å². The number of carbonyl (C=O) groups excluding carboxylic acids is 1. The van der Waals surface area contributed by atoms with E-state index in [4.69, 9.17) is 4.74 Å². The zero-order valence-electron chi connectivity index (χ0n) is 14.8. The standard InChI is InChI=1S/C20H24N2O3/c1-4-18(15-9-11-16(23)12-10-15)21-22-20(24)13-25-19-8-6-5-7-17(19)14(2)3/h5-12,14,23H,4,13H2,1-3H3,(H,22,24)/b21-18+. The van der Waals surface area contributed by atoms with Crippen LogP contribution in [0.2, 0.25) is 0 Å². The topological polar surface area (TPSA) is 70.9 Å². The average molecular weight is 340 g/mol. The molecule has 5 heteroatoms. The first-order valence-electron chi connectivity index (χ1n) is 8.37. The van der Waals surface area contributed by atoms with E-state index in [1.54, 1.807) is 24.3 Å². The maximum atomic E-state index is 12.0. The molecule has 0 heterocycles. The molecule has 0 unspecified atom stereocenters. The van der Waals surface area contributed by atoms with Gasteiger partial charge in [-0.3, -0.25) is 4.79 Å². The molecule has 0 radical (unpaired) electrons. The Morgan fingerprint density at radius 1 is 1.16 bits per heavy atom. The molecule has 5 nitrogen and oxygen atoms in total. The minimum Gasteiger partial charge on any atom is -0.508 e. The van der Waals surface area contributed by atoms with Crippen molar-refractivity contribution in [3.8, 4) is 11.5 Å². The Morgan fingerprint density at radius 2 is 1.84 bits per heavy atom. The Bertz CT molecular complexity index is 737. The van der Waals surface area contributed by atoms with Gasteiger partial charge >= 0.3 is 0 Å². The number of para-hydroxylation sites is 1. The number of rotatable bonds is 7. The number of ether oxygens (including phenoxy) is 1. The Morgan fingerprint density at radius 3 is 2.48 bits per heavy atom. The van der Waals surface area contributed by atoms with Crippen molar-refractivity contribution in [1.82, 2.24) is 5.43 Å². The van der Waals surface area contributed by atoms with Crippen LogP contribution in [0.3, 0.4) is 0 Å². The smallest absolute Gasteiger partial charge is 0.277 e. The molecular weight excluding hydrogens is 316 g/mol. The van der Waals surface area contributed by atoms with Gasteiger partial charge in [-0.05, 0) is 53.8 Å². The number of aromatic hydroxyl groups is 1. The fourth-order valence-corrected chi connectivity index (χ4v) is 2.40. The fraction of sp³-hybridized carbons (Fsp3) is 0.300. The molecule has 132 valence electrons. The first-order valence-corrected chi connectivity index (χ1v) is 8.37. The molecule has 0 aliphatic rings. The summed E-state index contributed by atoms with van der Waals surface area (Å²) in [5.41, 5.74) is 5.18. The van der Waals surface area contributed by atoms with Crippen LogP contribution < -0.4 is 10.2 Å². The van der Waals surface area contributed by atoms with Crippen LogP contribution in [0, 0.1) is 0 Å². The van der Waals surface area contributed by atoms with E-state index in [-0.39, 0.29) is 18.3 Å². The van der Waals surface area contributed by atoms with E-state index in [1.165, 1.54) is 0 Å². The second-order valence-electron chi connectivity index (χ2n) is 5.98. The SMILES string of the molecule is CC/C(=N\NC(=O)COc1ccccc1C(C)C)c1ccc(O)cc1. The van der Waals surface area contributed by atoms with E-state index in [2.05, 4.69) is 24.4 Å². The average Bonchev–Trinajstić information content (AvgIpc) is 2.62. The molecule has 2 aromatic rings. The summed E-state index contributed by atoms with van der Waals surface area (Å²) in [5, 5.41) is 13.5. The quantitative estimate of drug-likeness (QED) is 0.594. The third-order valence-corrected chi connectivity index (χ3v) is 3.75. The van der Waals surface area contributed by atoms with E-state index < -0.39 is 0 Å². The van der Waals surface area contributed by atoms with Crippen LogP contribution in [0.25, 0.3) is 0 Å². The Hall–Kier alpha value is -2.82. The first kappa shape index (κ1) is 18.5. The lowest BCUT2D eigenvalue weighted by Gasteiger charge is -2.13. The van der Waals surface area contributed by atoms with Crippen molar-refractivity contribution in [3.63, 3.8) is 0 Å². The van der Waals surface area contributed by atoms with Gasteiger partial charge in [-0.15, -0.1) is 0 Å². The molecule has 25 heavy (non-hydrogen) atoms. The summed E-state index contributed by atoms with van der Waals surface area (Å²) in [7, 11) is 0. The Kier molecular flexibility index (Phi) is 6.57. The van der Waals surface area contributed by atoms with Gasteiger partial charge in [0, 0.05) is 0 Å². The van der Waals surface area contributed by atoms with E-state index in [1.807, 2.05) is 31.2 Å². The van der Waals surface area contributed by atoms with Gasteiger partial charge in [0.15, 0.2) is 6.61 Å². The summed E-state index contributed by atoms with van der Waals surface area (Å²) in [6.45, 7) is 6.02. The lowest BCUT2D eigenvalue weighted by Crippen LogP contribution is -2.26. The van der Waals surface area contributed by atoms with Gasteiger partial charge in [0.2, 0.25) is 0 Å². The third-order valence-electron chi connectivity index (χ3n) is 3.75. The van der Waals surface area contributed by atoms with Crippen molar-refractivity contribution in [2.45, 2.75) is 33.1 Å². The molecule has 0 aliphatic heterocycles. The molecule has 2 aromatic carbocycles. The third kappa shape index (κ3) is 5.35. The molecule has 1 amide bonds. The first-order chi connectivity index (χ1) is 12.0. The molecule has 0 aromatic heterocycles. The van der Waals surface area contributed by atoms with Crippen molar-refractivity contribution >= 4 is 11.6 Å². The Balaban J connectivity index is 1.97. The highest BCUT2D eigenvalue weighted by Gasteiger charge is 2.09. The number of phenolic OH excluding ortho intramolecular Hbond substituents is 1. The van der Waals surface area contributed by atoms with E-state index in [9.17, 15) is 9.90 Å². The van der Waals surface area contributed by atoms with Crippen molar-refractivity contribution in [3.05, 3.63) is 59.7 Å². The van der Waals surface area contributed by atoms with Crippen molar-refractivity contribution in [1.29, 1.82) is 0 Å². The van der Waals surface area contributed by atoms with Crippen LogP contribution in [0.1, 0.15) is 44.2 Å². The van der Waals surface area contributed by atoms with Gasteiger partial charge in [-0.1, -0.05) is 39.0 Å². The summed E-state index contributed by atoms with van der Waals surface area (Å²) in [6.07, 6.45) is 0.655. The number of amides is 1. The van der Waals surface area contributed by atoms with Crippen LogP contribution in [0.15, 0.2) is 53.6 Å². The molecule has 0 fully saturated rings. The molecule has 0 aliphatic carbocycles. The van der Waals surface area contributed by atoms with E-state index >= 15 is 0 Å². The normalized spacial score (nSPS) is 11.4. The molecule has 2 rings (SSSR count). The fourth-order valence-electron chi connectivity index (χ4n) is 2.40. The van der Waals surface area contributed by atoms with Crippen molar-refractivity contribution in [2.75, 3.05) is 6.61 Å². The van der Waals surface area contributed by atoms with Gasteiger partial charge in [0.1, 0.15) is 11.5 Å². The molecule has 2 N–H and O–H groups in total. The number of hydrogen-bond donors (Lipinski definition) is 2. The van der Waals surface area contributed by atoms with Gasteiger partial charge < -0.3 is 9.84 Å². The second-order valence-corrected chi connectivity index (χ2v) is 5.98. The van der Waals surface area contributed by atoms with E-state index in [0.717, 1.165) is 16.8 Å².